The van der Waals surface area contributed by atoms with E-state index in [1.807, 2.05) is 5.43 Å². The molecule has 0 spiro atoms. The summed E-state index contributed by atoms with van der Waals surface area (Å²) < 4.78 is 9.57. The second-order valence-corrected chi connectivity index (χ2v) is 3.46. The fourth-order valence-electron chi connectivity index (χ4n) is 1.16. The molecule has 2 amide bonds. The van der Waals surface area contributed by atoms with Gasteiger partial charge in [-0.1, -0.05) is 0 Å². The molecule has 0 saturated heterocycles. The van der Waals surface area contributed by atoms with Crippen LogP contribution in [0.25, 0.3) is 6.08 Å². The lowest BCUT2D eigenvalue weighted by Crippen LogP contribution is -2.27. The van der Waals surface area contributed by atoms with Crippen molar-refractivity contribution in [3.8, 4) is 0 Å². The van der Waals surface area contributed by atoms with Crippen molar-refractivity contribution < 1.29 is 23.7 Å². The molecule has 1 rings (SSSR count). The number of nitrogens with one attached hydrogen (secondary N) is 1. The number of primary amides is 1. The summed E-state index contributed by atoms with van der Waals surface area (Å²) in [7, 11) is 0. The predicted octanol–water partition coefficient (Wildman–Crippen LogP) is 0.788. The minimum absolute atomic E-state index is 0.106. The number of furan rings is 1. The maximum Gasteiger partial charge on any atom is 0.433 e. The Morgan fingerprint density at radius 1 is 1.57 bits per heavy atom. The molecule has 0 radical (unpaired) electrons. The molecule has 1 heterocycles. The number of nitro groups is 1. The van der Waals surface area contributed by atoms with Gasteiger partial charge in [0.05, 0.1) is 12.7 Å². The number of nitrogens with zero attached hydrogens (tertiary/aromatic N) is 2. The summed E-state index contributed by atoms with van der Waals surface area (Å²) >= 11 is 0. The van der Waals surface area contributed by atoms with Gasteiger partial charge in [-0.25, -0.2) is 15.0 Å². The van der Waals surface area contributed by atoms with Crippen LogP contribution in [0, 0.1) is 10.1 Å². The first kappa shape index (κ1) is 15.9. The van der Waals surface area contributed by atoms with Crippen LogP contribution in [0.5, 0.6) is 0 Å². The third kappa shape index (κ3) is 5.14. The molecule has 0 aliphatic rings. The highest BCUT2D eigenvalue weighted by Crippen LogP contribution is 2.16. The fraction of sp³-hybridized carbons (Fsp3) is 0.182. The van der Waals surface area contributed by atoms with E-state index in [9.17, 15) is 19.7 Å². The van der Waals surface area contributed by atoms with Gasteiger partial charge in [-0.15, -0.1) is 0 Å². The number of urea groups is 1. The topological polar surface area (TPSA) is 150 Å². The zero-order chi connectivity index (χ0) is 15.8. The van der Waals surface area contributed by atoms with E-state index in [1.165, 1.54) is 12.1 Å². The van der Waals surface area contributed by atoms with Gasteiger partial charge < -0.3 is 14.9 Å². The Kier molecular flexibility index (Phi) is 5.62. The lowest BCUT2D eigenvalue weighted by atomic mass is 10.3. The molecule has 0 aromatic carbocycles. The van der Waals surface area contributed by atoms with Crippen molar-refractivity contribution in [2.75, 3.05) is 6.61 Å². The molecule has 112 valence electrons. The molecule has 10 heteroatoms. The third-order valence-electron chi connectivity index (χ3n) is 1.97. The Morgan fingerprint density at radius 3 is 2.81 bits per heavy atom. The van der Waals surface area contributed by atoms with Gasteiger partial charge in [0, 0.05) is 0 Å². The van der Waals surface area contributed by atoms with Crippen LogP contribution in [0.3, 0.4) is 0 Å². The molecule has 0 atom stereocenters. The monoisotopic (exact) mass is 296 g/mol. The second kappa shape index (κ2) is 7.43. The predicted molar refractivity (Wildman–Crippen MR) is 71.2 cm³/mol. The number of carbonyl (C=O) groups is 2. The molecule has 10 nitrogen and oxygen atoms in total. The number of amides is 2. The highest BCUT2D eigenvalue weighted by atomic mass is 16.6. The zero-order valence-corrected chi connectivity index (χ0v) is 10.9. The van der Waals surface area contributed by atoms with E-state index < -0.39 is 22.8 Å². The molecule has 21 heavy (non-hydrogen) atoms. The molecule has 0 unspecified atom stereocenters. The van der Waals surface area contributed by atoms with Gasteiger partial charge in [0.2, 0.25) is 0 Å². The first-order chi connectivity index (χ1) is 9.93. The van der Waals surface area contributed by atoms with Crippen LogP contribution in [0.1, 0.15) is 12.7 Å². The van der Waals surface area contributed by atoms with Gasteiger partial charge in [-0.3, -0.25) is 10.1 Å². The quantitative estimate of drug-likeness (QED) is 0.343. The molecular weight excluding hydrogens is 284 g/mol. The lowest BCUT2D eigenvalue weighted by Gasteiger charge is -2.01. The van der Waals surface area contributed by atoms with Crippen molar-refractivity contribution in [2.45, 2.75) is 6.92 Å². The maximum atomic E-state index is 11.6. The van der Waals surface area contributed by atoms with Crippen LogP contribution in [0.4, 0.5) is 10.7 Å². The molecule has 0 aliphatic carbocycles. The summed E-state index contributed by atoms with van der Waals surface area (Å²) in [6.07, 6.45) is 2.42. The van der Waals surface area contributed by atoms with E-state index in [4.69, 9.17) is 14.9 Å². The number of esters is 1. The van der Waals surface area contributed by atoms with E-state index in [-0.39, 0.29) is 18.1 Å². The van der Waals surface area contributed by atoms with E-state index in [0.29, 0.717) is 0 Å². The van der Waals surface area contributed by atoms with Gasteiger partial charge in [-0.05, 0) is 25.1 Å². The Hall–Kier alpha value is -3.17. The SMILES string of the molecule is CCOC(=O)C(/C=C/c1ccc([N+](=O)[O-])o1)=N\NC(N)=O. The number of carbonyl (C=O) groups excluding carboxylic acids is 2. The van der Waals surface area contributed by atoms with Gasteiger partial charge in [0.25, 0.3) is 0 Å². The maximum absolute atomic E-state index is 11.6. The van der Waals surface area contributed by atoms with E-state index in [1.54, 1.807) is 6.92 Å². The van der Waals surface area contributed by atoms with Gasteiger partial charge in [0.1, 0.15) is 10.7 Å². The summed E-state index contributed by atoms with van der Waals surface area (Å²) in [5.74, 6) is -1.12. The minimum Gasteiger partial charge on any atom is -0.461 e. The Balaban J connectivity index is 2.90. The smallest absolute Gasteiger partial charge is 0.433 e. The van der Waals surface area contributed by atoms with Crippen LogP contribution in [-0.2, 0) is 9.53 Å². The molecule has 0 fully saturated rings. The molecule has 0 aliphatic heterocycles. The molecule has 3 N–H and O–H groups in total. The summed E-state index contributed by atoms with van der Waals surface area (Å²) in [4.78, 5) is 31.9. The standard InChI is InChI=1S/C11H12N4O6/c1-2-20-10(16)8(13-14-11(12)17)5-3-7-4-6-9(21-7)15(18)19/h3-6H,2H2,1H3,(H3,12,14,17)/b5-3+,13-8-. The summed E-state index contributed by atoms with van der Waals surface area (Å²) in [6, 6.07) is 1.53. The largest absolute Gasteiger partial charge is 0.461 e. The molecule has 1 aromatic rings. The van der Waals surface area contributed by atoms with Crippen LogP contribution in [0.2, 0.25) is 0 Å². The van der Waals surface area contributed by atoms with Crippen molar-refractivity contribution in [3.05, 3.63) is 34.1 Å². The summed E-state index contributed by atoms with van der Waals surface area (Å²) in [6.45, 7) is 1.70. The first-order valence-corrected chi connectivity index (χ1v) is 5.66. The van der Waals surface area contributed by atoms with E-state index in [0.717, 1.165) is 12.1 Å². The highest BCUT2D eigenvalue weighted by molar-refractivity contribution is 6.41. The average molecular weight is 296 g/mol. The number of hydrogen-bond acceptors (Lipinski definition) is 7. The molecule has 0 saturated carbocycles. The Morgan fingerprint density at radius 2 is 2.29 bits per heavy atom. The van der Waals surface area contributed by atoms with Gasteiger partial charge >= 0.3 is 17.9 Å². The normalized spacial score (nSPS) is 11.4. The van der Waals surface area contributed by atoms with Crippen molar-refractivity contribution in [3.63, 3.8) is 0 Å². The Labute approximate surface area is 118 Å². The van der Waals surface area contributed by atoms with Crippen molar-refractivity contribution >= 4 is 29.7 Å². The van der Waals surface area contributed by atoms with Crippen molar-refractivity contribution in [2.24, 2.45) is 10.8 Å². The number of ether oxygens (including phenoxy) is 1. The van der Waals surface area contributed by atoms with Crippen LogP contribution in [0.15, 0.2) is 27.7 Å². The number of nitrogens with two attached hydrogens (primary N) is 1. The lowest BCUT2D eigenvalue weighted by molar-refractivity contribution is -0.402. The number of rotatable bonds is 6. The molecule has 0 bridgehead atoms. The number of hydrogen-bond donors (Lipinski definition) is 2. The van der Waals surface area contributed by atoms with E-state index >= 15 is 0 Å². The average Bonchev–Trinajstić information content (AvgIpc) is 2.87. The summed E-state index contributed by atoms with van der Waals surface area (Å²) in [5.41, 5.74) is 6.46. The van der Waals surface area contributed by atoms with E-state index in [2.05, 4.69) is 5.10 Å². The second-order valence-electron chi connectivity index (χ2n) is 3.46. The van der Waals surface area contributed by atoms with Gasteiger partial charge in [0.15, 0.2) is 5.71 Å². The molecular formula is C11H12N4O6. The molecule has 1 aromatic heterocycles. The van der Waals surface area contributed by atoms with Crippen LogP contribution in [-0.4, -0.2) is 29.2 Å². The summed E-state index contributed by atoms with van der Waals surface area (Å²) in [5, 5.41) is 13.9. The zero-order valence-electron chi connectivity index (χ0n) is 10.9. The third-order valence-corrected chi connectivity index (χ3v) is 1.97. The fourth-order valence-corrected chi connectivity index (χ4v) is 1.16. The van der Waals surface area contributed by atoms with Crippen molar-refractivity contribution in [1.29, 1.82) is 0 Å². The minimum atomic E-state index is -0.959. The van der Waals surface area contributed by atoms with Crippen molar-refractivity contribution in [1.82, 2.24) is 5.43 Å². The number of hydrazone groups is 1. The van der Waals surface area contributed by atoms with Crippen LogP contribution < -0.4 is 11.2 Å². The highest BCUT2D eigenvalue weighted by Gasteiger charge is 2.12. The first-order valence-electron chi connectivity index (χ1n) is 5.66. The van der Waals surface area contributed by atoms with Gasteiger partial charge in [-0.2, -0.15) is 5.10 Å². The van der Waals surface area contributed by atoms with Crippen LogP contribution >= 0.6 is 0 Å². The Bertz CT molecular complexity index is 604.